The summed E-state index contributed by atoms with van der Waals surface area (Å²) in [6.45, 7) is 1.20. The third-order valence-electron chi connectivity index (χ3n) is 8.36. The van der Waals surface area contributed by atoms with E-state index < -0.39 is 0 Å². The Morgan fingerprint density at radius 3 is 2.24 bits per heavy atom. The summed E-state index contributed by atoms with van der Waals surface area (Å²) in [5, 5.41) is 7.84. The number of fused-ring (bicyclic) bond motifs is 1. The van der Waals surface area contributed by atoms with Crippen molar-refractivity contribution in [2.45, 2.75) is 88.4 Å². The van der Waals surface area contributed by atoms with Crippen molar-refractivity contribution >= 4 is 65.4 Å². The maximum Gasteiger partial charge on any atom is 0.415 e. The average molecular weight is 626 g/mol. The number of carbonyl (C=O) groups excluding carboxylic acids is 1. The van der Waals surface area contributed by atoms with Crippen LogP contribution in [0.4, 0.5) is 16.6 Å². The van der Waals surface area contributed by atoms with Crippen molar-refractivity contribution in [3.05, 3.63) is 35.6 Å². The molecule has 6 rings (SSSR count). The summed E-state index contributed by atoms with van der Waals surface area (Å²) in [6.07, 6.45) is 12.1. The average Bonchev–Trinajstić information content (AvgIpc) is 3.62. The van der Waals surface area contributed by atoms with Gasteiger partial charge in [0.2, 0.25) is 5.95 Å². The van der Waals surface area contributed by atoms with Gasteiger partial charge in [0.25, 0.3) is 0 Å². The number of hydrogen-bond donors (Lipinski definition) is 3. The van der Waals surface area contributed by atoms with E-state index in [1.165, 1.54) is 12.8 Å². The lowest BCUT2D eigenvalue weighted by atomic mass is 9.92. The van der Waals surface area contributed by atoms with Crippen LogP contribution in [-0.2, 0) is 0 Å². The number of carbonyl (C=O) groups is 1. The Kier molecular flexibility index (Phi) is 10.8. The van der Waals surface area contributed by atoms with Crippen LogP contribution in [0.3, 0.4) is 0 Å². The van der Waals surface area contributed by atoms with Crippen LogP contribution in [0.15, 0.2) is 30.6 Å². The zero-order valence-electron chi connectivity index (χ0n) is 23.0. The van der Waals surface area contributed by atoms with Crippen molar-refractivity contribution in [2.24, 2.45) is 5.73 Å². The minimum Gasteiger partial charge on any atom is -0.410 e. The molecule has 2 aromatic heterocycles. The second kappa shape index (κ2) is 14.1. The minimum absolute atomic E-state index is 0. The predicted molar refractivity (Wildman–Crippen MR) is 167 cm³/mol. The lowest BCUT2D eigenvalue weighted by Crippen LogP contribution is -2.43. The van der Waals surface area contributed by atoms with E-state index in [2.05, 4.69) is 15.2 Å². The summed E-state index contributed by atoms with van der Waals surface area (Å²) < 4.78 is 7.77. The van der Waals surface area contributed by atoms with E-state index in [4.69, 9.17) is 37.0 Å². The number of nitrogens with one attached hydrogen (secondary N) is 2. The first-order valence-corrected chi connectivity index (χ1v) is 14.6. The Hall–Kier alpha value is -2.53. The number of likely N-dealkylation sites (tertiary alicyclic amines) is 1. The quantitative estimate of drug-likeness (QED) is 0.296. The van der Waals surface area contributed by atoms with Crippen molar-refractivity contribution in [1.29, 1.82) is 0 Å². The molecule has 1 amide bonds. The normalized spacial score (nSPS) is 21.7. The third-order valence-corrected chi connectivity index (χ3v) is 8.61. The van der Waals surface area contributed by atoms with E-state index >= 15 is 0 Å². The lowest BCUT2D eigenvalue weighted by Gasteiger charge is -2.32. The highest BCUT2D eigenvalue weighted by Gasteiger charge is 2.27. The number of nitrogens with two attached hydrogens (primary N) is 1. The van der Waals surface area contributed by atoms with Crippen molar-refractivity contribution in [3.8, 4) is 5.75 Å². The van der Waals surface area contributed by atoms with Crippen molar-refractivity contribution in [3.63, 3.8) is 0 Å². The van der Waals surface area contributed by atoms with Crippen LogP contribution in [-0.4, -0.2) is 61.7 Å². The zero-order chi connectivity index (χ0) is 26.8. The molecule has 41 heavy (non-hydrogen) atoms. The zero-order valence-corrected chi connectivity index (χ0v) is 25.4. The van der Waals surface area contributed by atoms with E-state index in [-0.39, 0.29) is 36.9 Å². The van der Waals surface area contributed by atoms with Gasteiger partial charge in [0.1, 0.15) is 5.75 Å². The Labute approximate surface area is 258 Å². The maximum atomic E-state index is 12.7. The summed E-state index contributed by atoms with van der Waals surface area (Å²) in [4.78, 5) is 29.0. The lowest BCUT2D eigenvalue weighted by molar-refractivity contribution is 0.140. The Morgan fingerprint density at radius 1 is 0.902 bits per heavy atom. The van der Waals surface area contributed by atoms with Crippen LogP contribution < -0.4 is 21.1 Å². The molecular formula is C28H39Cl3N8O2. The van der Waals surface area contributed by atoms with E-state index in [1.54, 1.807) is 29.2 Å². The van der Waals surface area contributed by atoms with E-state index in [0.717, 1.165) is 68.3 Å². The molecule has 3 aromatic rings. The fourth-order valence-corrected chi connectivity index (χ4v) is 6.17. The van der Waals surface area contributed by atoms with Gasteiger partial charge >= 0.3 is 6.09 Å². The summed E-state index contributed by atoms with van der Waals surface area (Å²) in [5.74, 6) is 1.90. The highest BCUT2D eigenvalue weighted by atomic mass is 35.5. The standard InChI is InChI=1S/C28H37ClN8O2.2ClH/c29-18-5-11-23(12-6-18)39-28(38)36-15-13-21(14-16-36)32-25-24-26(37(17-31-24)22-3-1-2-4-22)35-27(34-25)33-20-9-7-19(30)8-10-20;;/h5-6,11-12,17,19-22H,1-4,7-10,13-16,30H2,(H2,32,33,34,35);2*1H/t19-,20-;;. The number of rotatable bonds is 6. The monoisotopic (exact) mass is 624 g/mol. The molecule has 2 aliphatic carbocycles. The largest absolute Gasteiger partial charge is 0.415 e. The Balaban J connectivity index is 0.00000194. The molecule has 10 nitrogen and oxygen atoms in total. The second-order valence-electron chi connectivity index (χ2n) is 11.1. The molecule has 1 aromatic carbocycles. The molecule has 13 heteroatoms. The smallest absolute Gasteiger partial charge is 0.410 e. The molecule has 224 valence electrons. The second-order valence-corrected chi connectivity index (χ2v) is 11.6. The Bertz CT molecular complexity index is 1290. The molecule has 0 bridgehead atoms. The van der Waals surface area contributed by atoms with Crippen molar-refractivity contribution in [2.75, 3.05) is 23.7 Å². The number of aromatic nitrogens is 4. The van der Waals surface area contributed by atoms with E-state index in [9.17, 15) is 4.79 Å². The number of amides is 1. The first kappa shape index (κ1) is 31.4. The van der Waals surface area contributed by atoms with E-state index in [1.807, 2.05) is 6.33 Å². The molecule has 3 fully saturated rings. The van der Waals surface area contributed by atoms with Gasteiger partial charge in [0.05, 0.1) is 6.33 Å². The summed E-state index contributed by atoms with van der Waals surface area (Å²) in [7, 11) is 0. The summed E-state index contributed by atoms with van der Waals surface area (Å²) in [6, 6.07) is 8.05. The number of ether oxygens (including phenoxy) is 1. The number of imidazole rings is 1. The van der Waals surface area contributed by atoms with Crippen LogP contribution in [0.2, 0.25) is 5.02 Å². The van der Waals surface area contributed by atoms with Gasteiger partial charge in [-0.25, -0.2) is 9.78 Å². The molecule has 1 aliphatic heterocycles. The maximum absolute atomic E-state index is 12.7. The van der Waals surface area contributed by atoms with Crippen LogP contribution >= 0.6 is 36.4 Å². The summed E-state index contributed by atoms with van der Waals surface area (Å²) >= 11 is 5.93. The van der Waals surface area contributed by atoms with Gasteiger partial charge in [-0.15, -0.1) is 24.8 Å². The van der Waals surface area contributed by atoms with Gasteiger partial charge in [-0.2, -0.15) is 9.97 Å². The van der Waals surface area contributed by atoms with Gasteiger partial charge in [-0.3, -0.25) is 0 Å². The van der Waals surface area contributed by atoms with Gasteiger partial charge in [0, 0.05) is 42.3 Å². The molecule has 0 radical (unpaired) electrons. The van der Waals surface area contributed by atoms with Gasteiger partial charge in [-0.1, -0.05) is 24.4 Å². The highest BCUT2D eigenvalue weighted by Crippen LogP contribution is 2.34. The molecule has 0 unspecified atom stereocenters. The number of benzene rings is 1. The van der Waals surface area contributed by atoms with Crippen LogP contribution in [0.1, 0.15) is 70.3 Å². The van der Waals surface area contributed by atoms with Gasteiger partial charge in [0.15, 0.2) is 17.0 Å². The molecule has 0 atom stereocenters. The van der Waals surface area contributed by atoms with Crippen LogP contribution in [0.5, 0.6) is 5.75 Å². The first-order chi connectivity index (χ1) is 19.0. The van der Waals surface area contributed by atoms with Gasteiger partial charge in [-0.05, 0) is 75.6 Å². The van der Waals surface area contributed by atoms with Crippen LogP contribution in [0.25, 0.3) is 11.2 Å². The molecule has 2 saturated carbocycles. The minimum atomic E-state index is -0.339. The molecule has 4 N–H and O–H groups in total. The number of piperidine rings is 1. The number of nitrogens with zero attached hydrogens (tertiary/aromatic N) is 5. The third kappa shape index (κ3) is 7.46. The van der Waals surface area contributed by atoms with E-state index in [0.29, 0.717) is 47.9 Å². The number of anilines is 2. The van der Waals surface area contributed by atoms with Crippen LogP contribution in [0, 0.1) is 0 Å². The van der Waals surface area contributed by atoms with Gasteiger partial charge < -0.3 is 30.6 Å². The van der Waals surface area contributed by atoms with Crippen molar-refractivity contribution in [1.82, 2.24) is 24.4 Å². The molecule has 3 aliphatic rings. The first-order valence-electron chi connectivity index (χ1n) is 14.3. The predicted octanol–water partition coefficient (Wildman–Crippen LogP) is 6.20. The fraction of sp³-hybridized carbons (Fsp3) is 0.571. The summed E-state index contributed by atoms with van der Waals surface area (Å²) in [5.41, 5.74) is 7.82. The number of hydrogen-bond acceptors (Lipinski definition) is 8. The number of halogens is 3. The fourth-order valence-electron chi connectivity index (χ4n) is 6.05. The Morgan fingerprint density at radius 2 is 1.56 bits per heavy atom. The van der Waals surface area contributed by atoms with Crippen molar-refractivity contribution < 1.29 is 9.53 Å². The molecule has 1 saturated heterocycles. The SMILES string of the molecule is Cl.Cl.N[C@H]1CC[C@H](Nc2nc(NC3CCN(C(=O)Oc4ccc(Cl)cc4)CC3)c3ncn(C4CCCC4)c3n2)CC1. The molecule has 0 spiro atoms. The highest BCUT2D eigenvalue weighted by molar-refractivity contribution is 6.30. The molecule has 3 heterocycles. The topological polar surface area (TPSA) is 123 Å². The molecular weight excluding hydrogens is 587 g/mol.